The van der Waals surface area contributed by atoms with Crippen molar-refractivity contribution in [2.75, 3.05) is 40.5 Å². The van der Waals surface area contributed by atoms with Crippen LogP contribution in [-0.4, -0.2) is 57.2 Å². The monoisotopic (exact) mass is 410 g/mol. The van der Waals surface area contributed by atoms with Crippen LogP contribution in [0.4, 0.5) is 0 Å². The molecule has 3 rings (SSSR count). The molecule has 0 spiro atoms. The molecule has 1 N–H and O–H groups in total. The van der Waals surface area contributed by atoms with Crippen LogP contribution >= 0.6 is 0 Å². The molecule has 6 nitrogen and oxygen atoms in total. The standard InChI is InChI=1S/C24H30N2O4/c1-17-5-7-19(8-6-17)24(28)26-15-21(18-9-11-20(30-3)12-10-18)22(16-26)23(27)25-13-4-14-29-2/h5-12,21-22H,4,13-16H2,1-3H3,(H,25,27)/t21-,22+/m1/s1. The molecule has 2 aromatic carbocycles. The van der Waals surface area contributed by atoms with E-state index in [0.29, 0.717) is 31.8 Å². The molecule has 1 saturated heterocycles. The molecule has 2 atom stereocenters. The van der Waals surface area contributed by atoms with Gasteiger partial charge in [-0.25, -0.2) is 0 Å². The summed E-state index contributed by atoms with van der Waals surface area (Å²) in [6.07, 6.45) is 0.758. The van der Waals surface area contributed by atoms with Crippen molar-refractivity contribution in [3.63, 3.8) is 0 Å². The van der Waals surface area contributed by atoms with Crippen LogP contribution in [0, 0.1) is 12.8 Å². The highest BCUT2D eigenvalue weighted by atomic mass is 16.5. The number of hydrogen-bond acceptors (Lipinski definition) is 4. The number of nitrogens with zero attached hydrogens (tertiary/aromatic N) is 1. The number of likely N-dealkylation sites (tertiary alicyclic amines) is 1. The van der Waals surface area contributed by atoms with Crippen molar-refractivity contribution in [2.45, 2.75) is 19.3 Å². The minimum absolute atomic E-state index is 0.0221. The van der Waals surface area contributed by atoms with E-state index in [1.54, 1.807) is 19.1 Å². The van der Waals surface area contributed by atoms with Gasteiger partial charge >= 0.3 is 0 Å². The van der Waals surface area contributed by atoms with Crippen LogP contribution < -0.4 is 10.1 Å². The SMILES string of the molecule is COCCCNC(=O)[C@H]1CN(C(=O)c2ccc(C)cc2)C[C@@H]1c1ccc(OC)cc1. The molecule has 0 aliphatic carbocycles. The highest BCUT2D eigenvalue weighted by Crippen LogP contribution is 2.34. The molecule has 0 aromatic heterocycles. The highest BCUT2D eigenvalue weighted by molar-refractivity contribution is 5.95. The maximum absolute atomic E-state index is 13.1. The third kappa shape index (κ3) is 5.19. The molecule has 6 heteroatoms. The minimum Gasteiger partial charge on any atom is -0.497 e. The summed E-state index contributed by atoms with van der Waals surface area (Å²) in [6.45, 7) is 4.07. The van der Waals surface area contributed by atoms with Crippen molar-refractivity contribution in [3.8, 4) is 5.75 Å². The first-order valence-corrected chi connectivity index (χ1v) is 10.3. The van der Waals surface area contributed by atoms with E-state index in [2.05, 4.69) is 5.32 Å². The van der Waals surface area contributed by atoms with E-state index in [1.165, 1.54) is 0 Å². The maximum Gasteiger partial charge on any atom is 0.253 e. The Morgan fingerprint density at radius 2 is 1.73 bits per heavy atom. The summed E-state index contributed by atoms with van der Waals surface area (Å²) in [4.78, 5) is 27.8. The second-order valence-electron chi connectivity index (χ2n) is 7.70. The molecule has 160 valence electrons. The summed E-state index contributed by atoms with van der Waals surface area (Å²) >= 11 is 0. The van der Waals surface area contributed by atoms with Crippen molar-refractivity contribution < 1.29 is 19.1 Å². The lowest BCUT2D eigenvalue weighted by Crippen LogP contribution is -2.36. The van der Waals surface area contributed by atoms with Gasteiger partial charge in [-0.3, -0.25) is 9.59 Å². The predicted octanol–water partition coefficient (Wildman–Crippen LogP) is 3.01. The fourth-order valence-electron chi connectivity index (χ4n) is 3.86. The smallest absolute Gasteiger partial charge is 0.253 e. The molecule has 1 aliphatic rings. The van der Waals surface area contributed by atoms with Crippen molar-refractivity contribution in [1.82, 2.24) is 10.2 Å². The topological polar surface area (TPSA) is 67.9 Å². The Morgan fingerprint density at radius 3 is 2.37 bits per heavy atom. The Bertz CT molecular complexity index is 849. The van der Waals surface area contributed by atoms with E-state index in [9.17, 15) is 9.59 Å². The zero-order chi connectivity index (χ0) is 21.5. The van der Waals surface area contributed by atoms with Crippen LogP contribution in [-0.2, 0) is 9.53 Å². The first-order chi connectivity index (χ1) is 14.5. The van der Waals surface area contributed by atoms with Crippen molar-refractivity contribution >= 4 is 11.8 Å². The zero-order valence-corrected chi connectivity index (χ0v) is 17.9. The molecule has 0 bridgehead atoms. The lowest BCUT2D eigenvalue weighted by Gasteiger charge is -2.18. The molecule has 2 amide bonds. The van der Waals surface area contributed by atoms with Crippen LogP contribution in [0.2, 0.25) is 0 Å². The highest BCUT2D eigenvalue weighted by Gasteiger charge is 2.40. The average molecular weight is 411 g/mol. The van der Waals surface area contributed by atoms with E-state index in [4.69, 9.17) is 9.47 Å². The Morgan fingerprint density at radius 1 is 1.03 bits per heavy atom. The molecule has 0 radical (unpaired) electrons. The number of carbonyl (C=O) groups is 2. The molecular formula is C24H30N2O4. The van der Waals surface area contributed by atoms with Crippen LogP contribution in [0.5, 0.6) is 5.75 Å². The van der Waals surface area contributed by atoms with Gasteiger partial charge < -0.3 is 19.7 Å². The number of ether oxygens (including phenoxy) is 2. The molecule has 1 aliphatic heterocycles. The Labute approximate surface area is 178 Å². The number of rotatable bonds is 8. The van der Waals surface area contributed by atoms with Crippen molar-refractivity contribution in [1.29, 1.82) is 0 Å². The second-order valence-corrected chi connectivity index (χ2v) is 7.70. The van der Waals surface area contributed by atoms with Crippen LogP contribution in [0.15, 0.2) is 48.5 Å². The molecule has 0 saturated carbocycles. The van der Waals surface area contributed by atoms with Crippen LogP contribution in [0.25, 0.3) is 0 Å². The largest absolute Gasteiger partial charge is 0.497 e. The average Bonchev–Trinajstić information content (AvgIpc) is 3.22. The van der Waals surface area contributed by atoms with Gasteiger partial charge in [0.1, 0.15) is 5.75 Å². The van der Waals surface area contributed by atoms with Crippen LogP contribution in [0.1, 0.15) is 33.8 Å². The number of nitrogens with one attached hydrogen (secondary N) is 1. The molecular weight excluding hydrogens is 380 g/mol. The Hall–Kier alpha value is -2.86. The van der Waals surface area contributed by atoms with E-state index in [-0.39, 0.29) is 23.7 Å². The zero-order valence-electron chi connectivity index (χ0n) is 17.9. The fraction of sp³-hybridized carbons (Fsp3) is 0.417. The number of hydrogen-bond donors (Lipinski definition) is 1. The van der Waals surface area contributed by atoms with Gasteiger partial charge in [-0.15, -0.1) is 0 Å². The van der Waals surface area contributed by atoms with Gasteiger partial charge in [-0.05, 0) is 43.2 Å². The van der Waals surface area contributed by atoms with E-state index in [0.717, 1.165) is 23.3 Å². The summed E-state index contributed by atoms with van der Waals surface area (Å²) < 4.78 is 10.3. The quantitative estimate of drug-likeness (QED) is 0.680. The fourth-order valence-corrected chi connectivity index (χ4v) is 3.86. The summed E-state index contributed by atoms with van der Waals surface area (Å²) in [6, 6.07) is 15.3. The summed E-state index contributed by atoms with van der Waals surface area (Å²) in [5.74, 6) is 0.349. The van der Waals surface area contributed by atoms with Gasteiger partial charge in [0.25, 0.3) is 5.91 Å². The first-order valence-electron chi connectivity index (χ1n) is 10.3. The number of carbonyl (C=O) groups excluding carboxylic acids is 2. The summed E-state index contributed by atoms with van der Waals surface area (Å²) in [7, 11) is 3.27. The van der Waals surface area contributed by atoms with E-state index >= 15 is 0 Å². The number of amides is 2. The van der Waals surface area contributed by atoms with Gasteiger partial charge in [-0.2, -0.15) is 0 Å². The first kappa shape index (κ1) is 21.8. The number of benzene rings is 2. The normalized spacial score (nSPS) is 18.3. The molecule has 1 fully saturated rings. The van der Waals surface area contributed by atoms with Gasteiger partial charge in [0, 0.05) is 44.8 Å². The number of aryl methyl sites for hydroxylation is 1. The van der Waals surface area contributed by atoms with Crippen molar-refractivity contribution in [2.24, 2.45) is 5.92 Å². The molecule has 30 heavy (non-hydrogen) atoms. The van der Waals surface area contributed by atoms with Crippen molar-refractivity contribution in [3.05, 3.63) is 65.2 Å². The maximum atomic E-state index is 13.1. The Kier molecular flexibility index (Phi) is 7.46. The summed E-state index contributed by atoms with van der Waals surface area (Å²) in [5, 5.41) is 3.01. The Balaban J connectivity index is 1.78. The third-order valence-electron chi connectivity index (χ3n) is 5.61. The lowest BCUT2D eigenvalue weighted by molar-refractivity contribution is -0.124. The minimum atomic E-state index is -0.296. The number of methoxy groups -OCH3 is 2. The van der Waals surface area contributed by atoms with Gasteiger partial charge in [0.05, 0.1) is 13.0 Å². The lowest BCUT2D eigenvalue weighted by atomic mass is 9.88. The second kappa shape index (κ2) is 10.3. The van der Waals surface area contributed by atoms with Gasteiger partial charge in [0.15, 0.2) is 0 Å². The van der Waals surface area contributed by atoms with Gasteiger partial charge in [-0.1, -0.05) is 29.8 Å². The predicted molar refractivity (Wildman–Crippen MR) is 116 cm³/mol. The van der Waals surface area contributed by atoms with E-state index in [1.807, 2.05) is 55.5 Å². The molecule has 1 heterocycles. The van der Waals surface area contributed by atoms with E-state index < -0.39 is 0 Å². The molecule has 0 unspecified atom stereocenters. The van der Waals surface area contributed by atoms with Crippen LogP contribution in [0.3, 0.4) is 0 Å². The molecule has 2 aromatic rings. The summed E-state index contributed by atoms with van der Waals surface area (Å²) in [5.41, 5.74) is 2.79. The van der Waals surface area contributed by atoms with Gasteiger partial charge in [0.2, 0.25) is 5.91 Å². The third-order valence-corrected chi connectivity index (χ3v) is 5.61.